The molecule has 0 saturated carbocycles. The molecule has 0 spiro atoms. The number of rotatable bonds is 0. The fourth-order valence-corrected chi connectivity index (χ4v) is 1.59. The normalized spacial score (nSPS) is 27.7. The molecule has 0 radical (unpaired) electrons. The predicted molar refractivity (Wildman–Crippen MR) is 59.4 cm³/mol. The van der Waals surface area contributed by atoms with Crippen LogP contribution in [-0.2, 0) is 4.74 Å². The van der Waals surface area contributed by atoms with Gasteiger partial charge in [-0.15, -0.1) is 0 Å². The summed E-state index contributed by atoms with van der Waals surface area (Å²) >= 11 is 0. The Morgan fingerprint density at radius 2 is 1.93 bits per heavy atom. The summed E-state index contributed by atoms with van der Waals surface area (Å²) in [5, 5.41) is 1.61. The highest BCUT2D eigenvalue weighted by molar-refractivity contribution is 5.68. The van der Waals surface area contributed by atoms with Crippen LogP contribution in [0.2, 0.25) is 0 Å². The summed E-state index contributed by atoms with van der Waals surface area (Å²) in [5.41, 5.74) is 2.72. The lowest BCUT2D eigenvalue weighted by Crippen LogP contribution is -2.56. The summed E-state index contributed by atoms with van der Waals surface area (Å²) in [6.45, 7) is 9.74. The van der Waals surface area contributed by atoms with Crippen molar-refractivity contribution >= 4 is 6.09 Å². The SMILES string of the molecule is CC1CCC(C)N(C(=O)OC(C)(C)C)N1. The first-order valence-corrected chi connectivity index (χ1v) is 5.58. The molecule has 0 aliphatic carbocycles. The van der Waals surface area contributed by atoms with Crippen molar-refractivity contribution < 1.29 is 9.53 Å². The van der Waals surface area contributed by atoms with Crippen molar-refractivity contribution in [2.45, 2.75) is 65.1 Å². The molecule has 1 heterocycles. The van der Waals surface area contributed by atoms with Crippen LogP contribution in [0.25, 0.3) is 0 Å². The van der Waals surface area contributed by atoms with Gasteiger partial charge in [0, 0.05) is 12.1 Å². The Morgan fingerprint density at radius 1 is 1.33 bits per heavy atom. The van der Waals surface area contributed by atoms with Crippen LogP contribution < -0.4 is 5.43 Å². The van der Waals surface area contributed by atoms with Gasteiger partial charge in [-0.1, -0.05) is 0 Å². The summed E-state index contributed by atoms with van der Waals surface area (Å²) < 4.78 is 5.32. The highest BCUT2D eigenvalue weighted by atomic mass is 16.6. The summed E-state index contributed by atoms with van der Waals surface area (Å²) in [7, 11) is 0. The van der Waals surface area contributed by atoms with Gasteiger partial charge in [-0.2, -0.15) is 0 Å². The molecule has 15 heavy (non-hydrogen) atoms. The van der Waals surface area contributed by atoms with Crippen LogP contribution in [0.15, 0.2) is 0 Å². The smallest absolute Gasteiger partial charge is 0.425 e. The van der Waals surface area contributed by atoms with Gasteiger partial charge in [0.25, 0.3) is 0 Å². The van der Waals surface area contributed by atoms with E-state index in [-0.39, 0.29) is 12.1 Å². The van der Waals surface area contributed by atoms with E-state index in [0.717, 1.165) is 12.8 Å². The largest absolute Gasteiger partial charge is 0.443 e. The first-order valence-electron chi connectivity index (χ1n) is 5.58. The van der Waals surface area contributed by atoms with Gasteiger partial charge in [0.15, 0.2) is 0 Å². The molecule has 0 aromatic heterocycles. The van der Waals surface area contributed by atoms with Gasteiger partial charge in [-0.25, -0.2) is 15.2 Å². The summed E-state index contributed by atoms with van der Waals surface area (Å²) in [6, 6.07) is 0.546. The van der Waals surface area contributed by atoms with Crippen LogP contribution in [0, 0.1) is 0 Å². The van der Waals surface area contributed by atoms with Crippen molar-refractivity contribution in [2.75, 3.05) is 0 Å². The van der Waals surface area contributed by atoms with E-state index in [1.807, 2.05) is 27.7 Å². The summed E-state index contributed by atoms with van der Waals surface area (Å²) in [6.07, 6.45) is 1.84. The Bertz CT molecular complexity index is 235. The molecular weight excluding hydrogens is 192 g/mol. The number of ether oxygens (including phenoxy) is 1. The third kappa shape index (κ3) is 3.70. The van der Waals surface area contributed by atoms with E-state index < -0.39 is 5.60 Å². The maximum Gasteiger partial charge on any atom is 0.425 e. The first-order chi connectivity index (χ1) is 6.79. The van der Waals surface area contributed by atoms with Gasteiger partial charge in [0.05, 0.1) is 0 Å². The minimum Gasteiger partial charge on any atom is -0.443 e. The lowest BCUT2D eigenvalue weighted by Gasteiger charge is -2.38. The molecule has 1 aliphatic rings. The molecule has 88 valence electrons. The van der Waals surface area contributed by atoms with E-state index in [1.54, 1.807) is 5.01 Å². The highest BCUT2D eigenvalue weighted by Gasteiger charge is 2.30. The Labute approximate surface area is 91.9 Å². The molecule has 0 aromatic carbocycles. The number of nitrogens with one attached hydrogen (secondary N) is 1. The number of carbonyl (C=O) groups is 1. The Hall–Kier alpha value is -0.770. The molecule has 2 atom stereocenters. The average molecular weight is 214 g/mol. The van der Waals surface area contributed by atoms with Gasteiger partial charge in [-0.3, -0.25) is 0 Å². The van der Waals surface area contributed by atoms with Crippen molar-refractivity contribution in [1.82, 2.24) is 10.4 Å². The highest BCUT2D eigenvalue weighted by Crippen LogP contribution is 2.17. The third-order valence-corrected chi connectivity index (χ3v) is 2.41. The van der Waals surface area contributed by atoms with Gasteiger partial charge in [0.1, 0.15) is 5.60 Å². The van der Waals surface area contributed by atoms with Gasteiger partial charge >= 0.3 is 6.09 Å². The molecule has 1 N–H and O–H groups in total. The predicted octanol–water partition coefficient (Wildman–Crippen LogP) is 2.30. The lowest BCUT2D eigenvalue weighted by molar-refractivity contribution is -0.0110. The molecule has 4 nitrogen and oxygen atoms in total. The topological polar surface area (TPSA) is 41.6 Å². The third-order valence-electron chi connectivity index (χ3n) is 2.41. The zero-order valence-corrected chi connectivity index (χ0v) is 10.3. The van der Waals surface area contributed by atoms with Gasteiger partial charge in [0.2, 0.25) is 0 Å². The van der Waals surface area contributed by atoms with Crippen molar-refractivity contribution in [3.05, 3.63) is 0 Å². The molecule has 1 rings (SSSR count). The first kappa shape index (κ1) is 12.3. The second-order valence-corrected chi connectivity index (χ2v) is 5.31. The molecule has 1 aliphatic heterocycles. The van der Waals surface area contributed by atoms with Gasteiger partial charge in [-0.05, 0) is 47.5 Å². The minimum atomic E-state index is -0.431. The van der Waals surface area contributed by atoms with E-state index in [0.29, 0.717) is 6.04 Å². The van der Waals surface area contributed by atoms with Crippen LogP contribution in [0.3, 0.4) is 0 Å². The second-order valence-electron chi connectivity index (χ2n) is 5.31. The minimum absolute atomic E-state index is 0.205. The number of nitrogens with zero attached hydrogens (tertiary/aromatic N) is 1. The van der Waals surface area contributed by atoms with Crippen LogP contribution in [0.4, 0.5) is 4.79 Å². The van der Waals surface area contributed by atoms with Gasteiger partial charge < -0.3 is 4.74 Å². The van der Waals surface area contributed by atoms with E-state index in [1.165, 1.54) is 0 Å². The molecule has 2 unspecified atom stereocenters. The molecule has 0 aromatic rings. The van der Waals surface area contributed by atoms with Crippen LogP contribution in [0.5, 0.6) is 0 Å². The standard InChI is InChI=1S/C11H22N2O2/c1-8-6-7-9(2)13(12-8)10(14)15-11(3,4)5/h8-9,12H,6-7H2,1-5H3. The summed E-state index contributed by atoms with van der Waals surface area (Å²) in [4.78, 5) is 11.8. The van der Waals surface area contributed by atoms with Crippen LogP contribution in [0.1, 0.15) is 47.5 Å². The van der Waals surface area contributed by atoms with Crippen molar-refractivity contribution in [2.24, 2.45) is 0 Å². The zero-order chi connectivity index (χ0) is 11.6. The zero-order valence-electron chi connectivity index (χ0n) is 10.3. The van der Waals surface area contributed by atoms with E-state index in [4.69, 9.17) is 4.74 Å². The number of hydrazine groups is 1. The fraction of sp³-hybridized carbons (Fsp3) is 0.909. The Balaban J connectivity index is 2.57. The molecular formula is C11H22N2O2. The monoisotopic (exact) mass is 214 g/mol. The molecule has 0 bridgehead atoms. The Kier molecular flexibility index (Phi) is 3.60. The fourth-order valence-electron chi connectivity index (χ4n) is 1.59. The van der Waals surface area contributed by atoms with E-state index >= 15 is 0 Å². The molecule has 1 amide bonds. The molecule has 1 saturated heterocycles. The molecule has 4 heteroatoms. The van der Waals surface area contributed by atoms with Crippen molar-refractivity contribution in [3.63, 3.8) is 0 Å². The van der Waals surface area contributed by atoms with E-state index in [2.05, 4.69) is 12.3 Å². The van der Waals surface area contributed by atoms with Crippen LogP contribution >= 0.6 is 0 Å². The average Bonchev–Trinajstić information content (AvgIpc) is 2.06. The maximum absolute atomic E-state index is 11.8. The van der Waals surface area contributed by atoms with E-state index in [9.17, 15) is 4.79 Å². The quantitative estimate of drug-likeness (QED) is 0.672. The number of carbonyl (C=O) groups excluding carboxylic acids is 1. The molecule has 1 fully saturated rings. The van der Waals surface area contributed by atoms with Crippen LogP contribution in [-0.4, -0.2) is 28.8 Å². The van der Waals surface area contributed by atoms with Crippen molar-refractivity contribution in [1.29, 1.82) is 0 Å². The second kappa shape index (κ2) is 4.39. The number of amides is 1. The summed E-state index contributed by atoms with van der Waals surface area (Å²) in [5.74, 6) is 0. The van der Waals surface area contributed by atoms with Crippen molar-refractivity contribution in [3.8, 4) is 0 Å². The number of hydrogen-bond donors (Lipinski definition) is 1. The lowest BCUT2D eigenvalue weighted by atomic mass is 10.1. The maximum atomic E-state index is 11.8. The Morgan fingerprint density at radius 3 is 2.47 bits per heavy atom. The number of hydrogen-bond acceptors (Lipinski definition) is 3.